The fraction of sp³-hybridized carbons (Fsp3) is 0.733. The van der Waals surface area contributed by atoms with Gasteiger partial charge in [-0.2, -0.15) is 0 Å². The Bertz CT molecular complexity index is 486. The summed E-state index contributed by atoms with van der Waals surface area (Å²) in [4.78, 5) is 12.2. The maximum Gasteiger partial charge on any atom is 0.224 e. The minimum absolute atomic E-state index is 0.0840. The first-order chi connectivity index (χ1) is 9.58. The zero-order chi connectivity index (χ0) is 14.2. The van der Waals surface area contributed by atoms with E-state index in [0.29, 0.717) is 18.0 Å². The minimum atomic E-state index is 0.0840. The van der Waals surface area contributed by atoms with E-state index in [1.807, 2.05) is 13.8 Å². The molecule has 5 nitrogen and oxygen atoms in total. The molecule has 1 atom stereocenters. The van der Waals surface area contributed by atoms with Crippen molar-refractivity contribution in [1.29, 1.82) is 0 Å². The summed E-state index contributed by atoms with van der Waals surface area (Å²) in [6.07, 6.45) is 6.28. The van der Waals surface area contributed by atoms with Crippen LogP contribution < -0.4 is 10.6 Å². The molecule has 5 heteroatoms. The molecule has 1 aliphatic carbocycles. The van der Waals surface area contributed by atoms with Crippen LogP contribution in [-0.2, 0) is 11.2 Å². The lowest BCUT2D eigenvalue weighted by atomic mass is 9.70. The van der Waals surface area contributed by atoms with Crippen LogP contribution in [0.15, 0.2) is 4.52 Å². The first-order valence-corrected chi connectivity index (χ1v) is 7.54. The van der Waals surface area contributed by atoms with Crippen LogP contribution in [0.2, 0.25) is 0 Å². The molecule has 1 spiro atoms. The average molecular weight is 277 g/mol. The Morgan fingerprint density at radius 1 is 1.50 bits per heavy atom. The highest BCUT2D eigenvalue weighted by Gasteiger charge is 2.41. The predicted molar refractivity (Wildman–Crippen MR) is 75.4 cm³/mol. The van der Waals surface area contributed by atoms with Gasteiger partial charge in [0, 0.05) is 17.1 Å². The molecule has 0 aromatic carbocycles. The standard InChI is InChI=1S/C15H23N3O2/c1-10-13(11(2)20-18-10)8-14(19)17-12-4-7-16-15(9-12)5-3-6-15/h12,16H,3-9H2,1-2H3,(H,17,19). The highest BCUT2D eigenvalue weighted by molar-refractivity contribution is 5.79. The van der Waals surface area contributed by atoms with Crippen molar-refractivity contribution in [3.8, 4) is 0 Å². The fourth-order valence-electron chi connectivity index (χ4n) is 3.46. The summed E-state index contributed by atoms with van der Waals surface area (Å²) in [5, 5.41) is 10.7. The molecular weight excluding hydrogens is 254 g/mol. The van der Waals surface area contributed by atoms with Gasteiger partial charge in [-0.05, 0) is 52.5 Å². The molecule has 0 bridgehead atoms. The number of piperidine rings is 1. The molecule has 1 unspecified atom stereocenters. The van der Waals surface area contributed by atoms with Gasteiger partial charge in [0.15, 0.2) is 0 Å². The summed E-state index contributed by atoms with van der Waals surface area (Å²) in [7, 11) is 0. The second-order valence-corrected chi connectivity index (χ2v) is 6.30. The smallest absolute Gasteiger partial charge is 0.224 e. The third kappa shape index (κ3) is 2.59. The zero-order valence-corrected chi connectivity index (χ0v) is 12.3. The van der Waals surface area contributed by atoms with Crippen LogP contribution in [0.3, 0.4) is 0 Å². The summed E-state index contributed by atoms with van der Waals surface area (Å²) in [5.74, 6) is 0.833. The average Bonchev–Trinajstić information content (AvgIpc) is 2.69. The van der Waals surface area contributed by atoms with Gasteiger partial charge in [0.25, 0.3) is 0 Å². The number of carbonyl (C=O) groups is 1. The van der Waals surface area contributed by atoms with E-state index in [4.69, 9.17) is 4.52 Å². The lowest BCUT2D eigenvalue weighted by Gasteiger charge is -2.48. The van der Waals surface area contributed by atoms with Gasteiger partial charge >= 0.3 is 0 Å². The number of aryl methyl sites for hydroxylation is 2. The van der Waals surface area contributed by atoms with Crippen LogP contribution in [0.25, 0.3) is 0 Å². The molecular formula is C15H23N3O2. The molecule has 1 amide bonds. The number of hydrogen-bond acceptors (Lipinski definition) is 4. The van der Waals surface area contributed by atoms with Gasteiger partial charge in [-0.3, -0.25) is 4.79 Å². The largest absolute Gasteiger partial charge is 0.361 e. The third-order valence-electron chi connectivity index (χ3n) is 4.82. The number of nitrogens with zero attached hydrogens (tertiary/aromatic N) is 1. The van der Waals surface area contributed by atoms with Gasteiger partial charge in [-0.15, -0.1) is 0 Å². The van der Waals surface area contributed by atoms with Crippen molar-refractivity contribution in [3.05, 3.63) is 17.0 Å². The molecule has 2 heterocycles. The lowest BCUT2D eigenvalue weighted by molar-refractivity contribution is -0.121. The minimum Gasteiger partial charge on any atom is -0.361 e. The molecule has 1 aliphatic heterocycles. The number of amides is 1. The van der Waals surface area contributed by atoms with E-state index in [1.54, 1.807) is 0 Å². The molecule has 1 saturated carbocycles. The monoisotopic (exact) mass is 277 g/mol. The van der Waals surface area contributed by atoms with Crippen LogP contribution in [-0.4, -0.2) is 29.2 Å². The summed E-state index contributed by atoms with van der Waals surface area (Å²) < 4.78 is 5.11. The third-order valence-corrected chi connectivity index (χ3v) is 4.82. The van der Waals surface area contributed by atoms with Gasteiger partial charge < -0.3 is 15.2 Å². The molecule has 1 aromatic rings. The second-order valence-electron chi connectivity index (χ2n) is 6.30. The number of carbonyl (C=O) groups excluding carboxylic acids is 1. The number of nitrogens with one attached hydrogen (secondary N) is 2. The number of rotatable bonds is 3. The highest BCUT2D eigenvalue weighted by atomic mass is 16.5. The first-order valence-electron chi connectivity index (χ1n) is 7.54. The highest BCUT2D eigenvalue weighted by Crippen LogP contribution is 2.38. The van der Waals surface area contributed by atoms with Crippen molar-refractivity contribution >= 4 is 5.91 Å². The topological polar surface area (TPSA) is 67.2 Å². The van der Waals surface area contributed by atoms with E-state index in [0.717, 1.165) is 36.4 Å². The summed E-state index contributed by atoms with van der Waals surface area (Å²) in [6, 6.07) is 0.310. The van der Waals surface area contributed by atoms with Gasteiger partial charge in [0.1, 0.15) is 5.76 Å². The Kier molecular flexibility index (Phi) is 3.54. The van der Waals surface area contributed by atoms with E-state index in [9.17, 15) is 4.79 Å². The van der Waals surface area contributed by atoms with E-state index in [-0.39, 0.29) is 5.91 Å². The van der Waals surface area contributed by atoms with Gasteiger partial charge in [0.05, 0.1) is 12.1 Å². The van der Waals surface area contributed by atoms with E-state index in [2.05, 4.69) is 15.8 Å². The first kappa shape index (κ1) is 13.6. The Morgan fingerprint density at radius 2 is 2.30 bits per heavy atom. The molecule has 2 aliphatic rings. The number of hydrogen-bond donors (Lipinski definition) is 2. The molecule has 1 aromatic heterocycles. The molecule has 2 fully saturated rings. The molecule has 3 rings (SSSR count). The van der Waals surface area contributed by atoms with Crippen molar-refractivity contribution in [2.45, 2.75) is 64.0 Å². The van der Waals surface area contributed by atoms with Crippen LogP contribution in [0.1, 0.15) is 49.1 Å². The van der Waals surface area contributed by atoms with Crippen molar-refractivity contribution in [2.24, 2.45) is 0 Å². The summed E-state index contributed by atoms with van der Waals surface area (Å²) >= 11 is 0. The molecule has 110 valence electrons. The van der Waals surface area contributed by atoms with Crippen LogP contribution in [0, 0.1) is 13.8 Å². The van der Waals surface area contributed by atoms with Crippen molar-refractivity contribution in [2.75, 3.05) is 6.54 Å². The maximum atomic E-state index is 12.2. The van der Waals surface area contributed by atoms with Crippen molar-refractivity contribution in [1.82, 2.24) is 15.8 Å². The van der Waals surface area contributed by atoms with E-state index < -0.39 is 0 Å². The van der Waals surface area contributed by atoms with Crippen LogP contribution in [0.5, 0.6) is 0 Å². The van der Waals surface area contributed by atoms with Crippen LogP contribution in [0.4, 0.5) is 0 Å². The molecule has 20 heavy (non-hydrogen) atoms. The Hall–Kier alpha value is -1.36. The molecule has 0 radical (unpaired) electrons. The van der Waals surface area contributed by atoms with Crippen LogP contribution >= 0.6 is 0 Å². The molecule has 2 N–H and O–H groups in total. The quantitative estimate of drug-likeness (QED) is 0.881. The summed E-state index contributed by atoms with van der Waals surface area (Å²) in [6.45, 7) is 4.75. The van der Waals surface area contributed by atoms with Gasteiger partial charge in [0.2, 0.25) is 5.91 Å². The summed E-state index contributed by atoms with van der Waals surface area (Å²) in [5.41, 5.74) is 2.06. The van der Waals surface area contributed by atoms with Gasteiger partial charge in [-0.1, -0.05) is 5.16 Å². The lowest BCUT2D eigenvalue weighted by Crippen LogP contribution is -2.59. The van der Waals surface area contributed by atoms with E-state index in [1.165, 1.54) is 19.3 Å². The van der Waals surface area contributed by atoms with Gasteiger partial charge in [-0.25, -0.2) is 0 Å². The zero-order valence-electron chi connectivity index (χ0n) is 12.3. The number of aromatic nitrogens is 1. The Labute approximate surface area is 119 Å². The fourth-order valence-corrected chi connectivity index (χ4v) is 3.46. The normalized spacial score (nSPS) is 24.4. The Balaban J connectivity index is 1.56. The predicted octanol–water partition coefficient (Wildman–Crippen LogP) is 1.62. The van der Waals surface area contributed by atoms with E-state index >= 15 is 0 Å². The van der Waals surface area contributed by atoms with Crippen molar-refractivity contribution in [3.63, 3.8) is 0 Å². The van der Waals surface area contributed by atoms with Crippen molar-refractivity contribution < 1.29 is 9.32 Å². The second kappa shape index (κ2) is 5.20. The Morgan fingerprint density at radius 3 is 2.90 bits per heavy atom. The SMILES string of the molecule is Cc1noc(C)c1CC(=O)NC1CCNC2(CCC2)C1. The maximum absolute atomic E-state index is 12.2. The molecule has 1 saturated heterocycles.